The first-order valence-electron chi connectivity index (χ1n) is 8.48. The van der Waals surface area contributed by atoms with Crippen molar-refractivity contribution >= 4 is 12.4 Å². The molecule has 6 heteroatoms. The van der Waals surface area contributed by atoms with Crippen LogP contribution in [-0.2, 0) is 13.0 Å². The van der Waals surface area contributed by atoms with Gasteiger partial charge in [0.2, 0.25) is 11.7 Å². The van der Waals surface area contributed by atoms with Gasteiger partial charge in [0.1, 0.15) is 0 Å². The largest absolute Gasteiger partial charge is 0.339 e. The summed E-state index contributed by atoms with van der Waals surface area (Å²) in [5.41, 5.74) is 2.30. The molecule has 1 saturated heterocycles. The van der Waals surface area contributed by atoms with Crippen LogP contribution < -0.4 is 5.32 Å². The van der Waals surface area contributed by atoms with Gasteiger partial charge in [0.25, 0.3) is 0 Å². The van der Waals surface area contributed by atoms with Crippen LogP contribution in [0.3, 0.4) is 0 Å². The number of hydrogen-bond acceptors (Lipinski definition) is 5. The van der Waals surface area contributed by atoms with E-state index < -0.39 is 0 Å². The first-order valence-corrected chi connectivity index (χ1v) is 8.48. The third-order valence-corrected chi connectivity index (χ3v) is 4.40. The van der Waals surface area contributed by atoms with Gasteiger partial charge in [-0.15, -0.1) is 12.4 Å². The van der Waals surface area contributed by atoms with Gasteiger partial charge >= 0.3 is 0 Å². The van der Waals surface area contributed by atoms with Crippen LogP contribution >= 0.6 is 12.4 Å². The Labute approximate surface area is 150 Å². The maximum Gasteiger partial charge on any atom is 0.226 e. The number of nitrogens with zero attached hydrogens (tertiary/aromatic N) is 3. The molecule has 2 heterocycles. The van der Waals surface area contributed by atoms with Gasteiger partial charge in [0.15, 0.2) is 0 Å². The molecule has 0 atom stereocenters. The molecule has 0 amide bonds. The summed E-state index contributed by atoms with van der Waals surface area (Å²) in [5.74, 6) is 2.24. The molecule has 24 heavy (non-hydrogen) atoms. The van der Waals surface area contributed by atoms with Crippen LogP contribution in [0.1, 0.15) is 30.7 Å². The van der Waals surface area contributed by atoms with E-state index in [4.69, 9.17) is 4.52 Å². The first-order chi connectivity index (χ1) is 11.2. The second-order valence-corrected chi connectivity index (χ2v) is 6.68. The molecule has 0 radical (unpaired) electrons. The molecule has 132 valence electrons. The van der Waals surface area contributed by atoms with Crippen molar-refractivity contribution in [2.75, 3.05) is 27.2 Å². The Morgan fingerprint density at radius 3 is 2.54 bits per heavy atom. The molecule has 0 unspecified atom stereocenters. The van der Waals surface area contributed by atoms with Crippen LogP contribution in [0, 0.1) is 5.92 Å². The third-order valence-electron chi connectivity index (χ3n) is 4.40. The van der Waals surface area contributed by atoms with Crippen molar-refractivity contribution in [1.82, 2.24) is 20.4 Å². The van der Waals surface area contributed by atoms with Crippen LogP contribution in [0.15, 0.2) is 28.8 Å². The number of rotatable bonds is 6. The predicted molar refractivity (Wildman–Crippen MR) is 98.3 cm³/mol. The molecule has 3 rings (SSSR count). The number of aryl methyl sites for hydroxylation is 1. The van der Waals surface area contributed by atoms with Gasteiger partial charge in [-0.05, 0) is 57.9 Å². The van der Waals surface area contributed by atoms with E-state index >= 15 is 0 Å². The lowest BCUT2D eigenvalue weighted by atomic mass is 9.93. The fourth-order valence-corrected chi connectivity index (χ4v) is 3.10. The van der Waals surface area contributed by atoms with E-state index in [2.05, 4.69) is 58.7 Å². The van der Waals surface area contributed by atoms with E-state index in [9.17, 15) is 0 Å². The van der Waals surface area contributed by atoms with Gasteiger partial charge < -0.3 is 14.7 Å². The molecule has 1 aliphatic rings. The van der Waals surface area contributed by atoms with Crippen molar-refractivity contribution in [1.29, 1.82) is 0 Å². The molecule has 1 aromatic heterocycles. The number of nitrogens with one attached hydrogen (secondary N) is 1. The van der Waals surface area contributed by atoms with Crippen molar-refractivity contribution in [3.05, 3.63) is 35.7 Å². The molecule has 1 aromatic carbocycles. The van der Waals surface area contributed by atoms with Crippen molar-refractivity contribution < 1.29 is 4.52 Å². The summed E-state index contributed by atoms with van der Waals surface area (Å²) in [7, 11) is 4.14. The molecule has 1 N–H and O–H groups in total. The Hall–Kier alpha value is -1.43. The minimum atomic E-state index is 0. The van der Waals surface area contributed by atoms with E-state index in [0.717, 1.165) is 49.8 Å². The minimum absolute atomic E-state index is 0. The summed E-state index contributed by atoms with van der Waals surface area (Å²) in [5, 5.41) is 7.53. The fraction of sp³-hybridized carbons (Fsp3) is 0.556. The lowest BCUT2D eigenvalue weighted by Crippen LogP contribution is -2.27. The Balaban J connectivity index is 0.00000208. The molecule has 1 fully saturated rings. The second kappa shape index (κ2) is 9.16. The van der Waals surface area contributed by atoms with E-state index in [1.807, 2.05) is 0 Å². The van der Waals surface area contributed by atoms with E-state index in [0.29, 0.717) is 5.82 Å². The van der Waals surface area contributed by atoms with Gasteiger partial charge in [-0.1, -0.05) is 29.4 Å². The van der Waals surface area contributed by atoms with Crippen molar-refractivity contribution in [2.24, 2.45) is 5.92 Å². The number of hydrogen-bond donors (Lipinski definition) is 1. The standard InChI is InChI=1S/C18H26N4O.ClH/c1-22(2)13-15-3-6-16(7-4-15)18-20-17(23-21-18)8-5-14-9-11-19-12-10-14;/h3-4,6-7,14,19H,5,8-13H2,1-2H3;1H. The minimum Gasteiger partial charge on any atom is -0.339 e. The molecule has 1 aliphatic heterocycles. The Morgan fingerprint density at radius 1 is 1.17 bits per heavy atom. The van der Waals surface area contributed by atoms with Gasteiger partial charge in [-0.25, -0.2) is 0 Å². The smallest absolute Gasteiger partial charge is 0.226 e. The molecule has 0 saturated carbocycles. The van der Waals surface area contributed by atoms with E-state index in [1.54, 1.807) is 0 Å². The Kier molecular flexibility index (Phi) is 7.21. The highest BCUT2D eigenvalue weighted by Crippen LogP contribution is 2.21. The molecular formula is C18H27ClN4O. The van der Waals surface area contributed by atoms with Gasteiger partial charge in [0.05, 0.1) is 0 Å². The Morgan fingerprint density at radius 2 is 1.88 bits per heavy atom. The second-order valence-electron chi connectivity index (χ2n) is 6.68. The molecule has 0 spiro atoms. The normalized spacial score (nSPS) is 15.5. The highest BCUT2D eigenvalue weighted by atomic mass is 35.5. The van der Waals surface area contributed by atoms with E-state index in [1.165, 1.54) is 18.4 Å². The zero-order valence-corrected chi connectivity index (χ0v) is 15.3. The van der Waals surface area contributed by atoms with Crippen LogP contribution in [0.5, 0.6) is 0 Å². The summed E-state index contributed by atoms with van der Waals surface area (Å²) in [4.78, 5) is 6.71. The number of benzene rings is 1. The maximum absolute atomic E-state index is 5.42. The Bertz CT molecular complexity index is 606. The van der Waals surface area contributed by atoms with Crippen LogP contribution in [-0.4, -0.2) is 42.2 Å². The molecule has 0 aliphatic carbocycles. The van der Waals surface area contributed by atoms with Crippen molar-refractivity contribution in [2.45, 2.75) is 32.2 Å². The molecule has 0 bridgehead atoms. The van der Waals surface area contributed by atoms with E-state index in [-0.39, 0.29) is 12.4 Å². The van der Waals surface area contributed by atoms with Crippen molar-refractivity contribution in [3.8, 4) is 11.4 Å². The van der Waals surface area contributed by atoms with Crippen molar-refractivity contribution in [3.63, 3.8) is 0 Å². The molecule has 2 aromatic rings. The average Bonchev–Trinajstić information content (AvgIpc) is 3.03. The lowest BCUT2D eigenvalue weighted by molar-refractivity contribution is 0.324. The van der Waals surface area contributed by atoms with Gasteiger partial charge in [-0.3, -0.25) is 0 Å². The highest BCUT2D eigenvalue weighted by Gasteiger charge is 2.15. The van der Waals surface area contributed by atoms with Crippen LogP contribution in [0.4, 0.5) is 0 Å². The SMILES string of the molecule is CN(C)Cc1ccc(-c2noc(CCC3CCNCC3)n2)cc1.Cl. The summed E-state index contributed by atoms with van der Waals surface area (Å²) in [6.07, 6.45) is 4.55. The average molecular weight is 351 g/mol. The summed E-state index contributed by atoms with van der Waals surface area (Å²) >= 11 is 0. The lowest BCUT2D eigenvalue weighted by Gasteiger charge is -2.21. The summed E-state index contributed by atoms with van der Waals surface area (Å²) in [6, 6.07) is 8.39. The van der Waals surface area contributed by atoms with Gasteiger partial charge in [-0.2, -0.15) is 4.98 Å². The predicted octanol–water partition coefficient (Wildman–Crippen LogP) is 3.15. The maximum atomic E-state index is 5.42. The number of halogens is 1. The monoisotopic (exact) mass is 350 g/mol. The topological polar surface area (TPSA) is 54.2 Å². The molecular weight excluding hydrogens is 324 g/mol. The van der Waals surface area contributed by atoms with Crippen LogP contribution in [0.2, 0.25) is 0 Å². The summed E-state index contributed by atoms with van der Waals surface area (Å²) in [6.45, 7) is 3.21. The molecule has 5 nitrogen and oxygen atoms in total. The zero-order chi connectivity index (χ0) is 16.1. The first kappa shape index (κ1) is 18.9. The highest BCUT2D eigenvalue weighted by molar-refractivity contribution is 5.85. The fourth-order valence-electron chi connectivity index (χ4n) is 3.10. The van der Waals surface area contributed by atoms with Crippen LogP contribution in [0.25, 0.3) is 11.4 Å². The third kappa shape index (κ3) is 5.30. The summed E-state index contributed by atoms with van der Waals surface area (Å²) < 4.78 is 5.42. The quantitative estimate of drug-likeness (QED) is 0.867. The van der Waals surface area contributed by atoms with Gasteiger partial charge in [0, 0.05) is 18.5 Å². The zero-order valence-electron chi connectivity index (χ0n) is 14.5. The number of piperidine rings is 1. The number of aromatic nitrogens is 2.